The fourth-order valence-corrected chi connectivity index (χ4v) is 2.43. The van der Waals surface area contributed by atoms with Crippen molar-refractivity contribution in [1.29, 1.82) is 0 Å². The van der Waals surface area contributed by atoms with Crippen LogP contribution in [-0.4, -0.2) is 35.7 Å². The summed E-state index contributed by atoms with van der Waals surface area (Å²) < 4.78 is 2.14. The summed E-state index contributed by atoms with van der Waals surface area (Å²) in [6.45, 7) is 6.34. The van der Waals surface area contributed by atoms with E-state index < -0.39 is 0 Å². The van der Waals surface area contributed by atoms with Gasteiger partial charge in [0.15, 0.2) is 0 Å². The third-order valence-corrected chi connectivity index (χ3v) is 3.57. The number of rotatable bonds is 1. The SMILES string of the molecule is Cc1nc2cc(N3CCNCC3)ccc2n1C. The zero-order valence-electron chi connectivity index (χ0n) is 10.4. The van der Waals surface area contributed by atoms with Crippen molar-refractivity contribution >= 4 is 16.7 Å². The molecule has 1 N–H and O–H groups in total. The number of hydrogen-bond donors (Lipinski definition) is 1. The Kier molecular flexibility index (Phi) is 2.52. The number of nitrogens with zero attached hydrogens (tertiary/aromatic N) is 3. The highest BCUT2D eigenvalue weighted by atomic mass is 15.2. The fraction of sp³-hybridized carbons (Fsp3) is 0.462. The predicted molar refractivity (Wildman–Crippen MR) is 70.5 cm³/mol. The average Bonchev–Trinajstić information content (AvgIpc) is 2.66. The highest BCUT2D eigenvalue weighted by Crippen LogP contribution is 2.22. The minimum Gasteiger partial charge on any atom is -0.369 e. The van der Waals surface area contributed by atoms with Gasteiger partial charge in [-0.3, -0.25) is 0 Å². The lowest BCUT2D eigenvalue weighted by Gasteiger charge is -2.29. The van der Waals surface area contributed by atoms with Gasteiger partial charge < -0.3 is 14.8 Å². The van der Waals surface area contributed by atoms with E-state index in [4.69, 9.17) is 0 Å². The van der Waals surface area contributed by atoms with Crippen molar-refractivity contribution in [2.45, 2.75) is 6.92 Å². The molecule has 0 aliphatic carbocycles. The molecule has 1 fully saturated rings. The first-order valence-corrected chi connectivity index (χ1v) is 6.14. The standard InChI is InChI=1S/C13H18N4/c1-10-15-12-9-11(3-4-13(12)16(10)2)17-7-5-14-6-8-17/h3-4,9,14H,5-8H2,1-2H3. The molecular weight excluding hydrogens is 212 g/mol. The van der Waals surface area contributed by atoms with Crippen molar-refractivity contribution in [3.63, 3.8) is 0 Å². The Labute approximate surface area is 101 Å². The second-order valence-electron chi connectivity index (χ2n) is 4.63. The molecule has 2 aromatic rings. The summed E-state index contributed by atoms with van der Waals surface area (Å²) in [6.07, 6.45) is 0. The number of aromatic nitrogens is 2. The molecule has 1 aromatic heterocycles. The van der Waals surface area contributed by atoms with Crippen LogP contribution in [0.5, 0.6) is 0 Å². The molecule has 0 unspecified atom stereocenters. The van der Waals surface area contributed by atoms with Crippen LogP contribution in [0, 0.1) is 6.92 Å². The number of aryl methyl sites for hydroxylation is 2. The van der Waals surface area contributed by atoms with Crippen LogP contribution < -0.4 is 10.2 Å². The third-order valence-electron chi connectivity index (χ3n) is 3.57. The van der Waals surface area contributed by atoms with Gasteiger partial charge in [-0.2, -0.15) is 0 Å². The lowest BCUT2D eigenvalue weighted by Crippen LogP contribution is -2.43. The summed E-state index contributed by atoms with van der Waals surface area (Å²) in [7, 11) is 2.06. The van der Waals surface area contributed by atoms with Crippen molar-refractivity contribution in [2.75, 3.05) is 31.1 Å². The maximum absolute atomic E-state index is 4.59. The van der Waals surface area contributed by atoms with Crippen LogP contribution in [-0.2, 0) is 7.05 Å². The molecule has 1 saturated heterocycles. The Hall–Kier alpha value is -1.55. The van der Waals surface area contributed by atoms with E-state index in [2.05, 4.69) is 45.0 Å². The van der Waals surface area contributed by atoms with Crippen molar-refractivity contribution in [1.82, 2.24) is 14.9 Å². The van der Waals surface area contributed by atoms with Gasteiger partial charge in [-0.15, -0.1) is 0 Å². The molecule has 1 aliphatic rings. The second kappa shape index (κ2) is 4.04. The van der Waals surface area contributed by atoms with E-state index >= 15 is 0 Å². The summed E-state index contributed by atoms with van der Waals surface area (Å²) in [5, 5.41) is 3.37. The molecule has 1 aromatic carbocycles. The molecule has 0 spiro atoms. The zero-order valence-corrected chi connectivity index (χ0v) is 10.4. The van der Waals surface area contributed by atoms with Gasteiger partial charge in [-0.25, -0.2) is 4.98 Å². The molecule has 4 heteroatoms. The van der Waals surface area contributed by atoms with Crippen LogP contribution in [0.2, 0.25) is 0 Å². The molecular formula is C13H18N4. The van der Waals surface area contributed by atoms with Crippen LogP contribution in [0.4, 0.5) is 5.69 Å². The monoisotopic (exact) mass is 230 g/mol. The van der Waals surface area contributed by atoms with Crippen LogP contribution in [0.1, 0.15) is 5.82 Å². The van der Waals surface area contributed by atoms with Gasteiger partial charge in [0.1, 0.15) is 5.82 Å². The molecule has 2 heterocycles. The summed E-state index contributed by atoms with van der Waals surface area (Å²) in [5.41, 5.74) is 3.60. The highest BCUT2D eigenvalue weighted by Gasteiger charge is 2.12. The molecule has 0 atom stereocenters. The van der Waals surface area contributed by atoms with Gasteiger partial charge in [0, 0.05) is 38.9 Å². The van der Waals surface area contributed by atoms with E-state index in [0.29, 0.717) is 0 Å². The zero-order chi connectivity index (χ0) is 11.8. The maximum atomic E-state index is 4.59. The molecule has 1 aliphatic heterocycles. The van der Waals surface area contributed by atoms with Crippen molar-refractivity contribution in [2.24, 2.45) is 7.05 Å². The molecule has 0 radical (unpaired) electrons. The lowest BCUT2D eigenvalue weighted by atomic mass is 10.2. The summed E-state index contributed by atoms with van der Waals surface area (Å²) >= 11 is 0. The Morgan fingerprint density at radius 3 is 2.76 bits per heavy atom. The summed E-state index contributed by atoms with van der Waals surface area (Å²) in [5.74, 6) is 1.07. The number of anilines is 1. The van der Waals surface area contributed by atoms with Crippen molar-refractivity contribution in [3.05, 3.63) is 24.0 Å². The fourth-order valence-electron chi connectivity index (χ4n) is 2.43. The van der Waals surface area contributed by atoms with E-state index in [9.17, 15) is 0 Å². The first-order chi connectivity index (χ1) is 8.25. The lowest BCUT2D eigenvalue weighted by molar-refractivity contribution is 0.589. The van der Waals surface area contributed by atoms with Crippen molar-refractivity contribution < 1.29 is 0 Å². The van der Waals surface area contributed by atoms with E-state index in [1.54, 1.807) is 0 Å². The maximum Gasteiger partial charge on any atom is 0.106 e. The van der Waals surface area contributed by atoms with Gasteiger partial charge in [-0.1, -0.05) is 0 Å². The molecule has 4 nitrogen and oxygen atoms in total. The van der Waals surface area contributed by atoms with Crippen molar-refractivity contribution in [3.8, 4) is 0 Å². The Morgan fingerprint density at radius 2 is 2.00 bits per heavy atom. The second-order valence-corrected chi connectivity index (χ2v) is 4.63. The quantitative estimate of drug-likeness (QED) is 0.801. The molecule has 0 saturated carbocycles. The number of hydrogen-bond acceptors (Lipinski definition) is 3. The predicted octanol–water partition coefficient (Wildman–Crippen LogP) is 1.29. The minimum absolute atomic E-state index is 1.07. The van der Waals surface area contributed by atoms with E-state index in [-0.39, 0.29) is 0 Å². The number of imidazole rings is 1. The average molecular weight is 230 g/mol. The van der Waals surface area contributed by atoms with Gasteiger partial charge in [-0.05, 0) is 25.1 Å². The number of piperazine rings is 1. The largest absolute Gasteiger partial charge is 0.369 e. The minimum atomic E-state index is 1.07. The molecule has 3 rings (SSSR count). The van der Waals surface area contributed by atoms with Crippen LogP contribution in [0.3, 0.4) is 0 Å². The first-order valence-electron chi connectivity index (χ1n) is 6.14. The third kappa shape index (κ3) is 1.78. The van der Waals surface area contributed by atoms with Crippen LogP contribution >= 0.6 is 0 Å². The topological polar surface area (TPSA) is 33.1 Å². The van der Waals surface area contributed by atoms with Gasteiger partial charge >= 0.3 is 0 Å². The molecule has 17 heavy (non-hydrogen) atoms. The summed E-state index contributed by atoms with van der Waals surface area (Å²) in [4.78, 5) is 7.01. The molecule has 0 amide bonds. The smallest absolute Gasteiger partial charge is 0.106 e. The van der Waals surface area contributed by atoms with E-state index in [1.807, 2.05) is 6.92 Å². The Bertz CT molecular complexity index is 538. The van der Waals surface area contributed by atoms with Gasteiger partial charge in [0.2, 0.25) is 0 Å². The van der Waals surface area contributed by atoms with Crippen LogP contribution in [0.15, 0.2) is 18.2 Å². The van der Waals surface area contributed by atoms with Gasteiger partial charge in [0.25, 0.3) is 0 Å². The Morgan fingerprint density at radius 1 is 1.24 bits per heavy atom. The number of benzene rings is 1. The summed E-state index contributed by atoms with van der Waals surface area (Å²) in [6, 6.07) is 6.58. The Balaban J connectivity index is 2.01. The van der Waals surface area contributed by atoms with E-state index in [0.717, 1.165) is 37.5 Å². The highest BCUT2D eigenvalue weighted by molar-refractivity contribution is 5.80. The molecule has 0 bridgehead atoms. The number of fused-ring (bicyclic) bond motifs is 1. The number of nitrogens with one attached hydrogen (secondary N) is 1. The molecule has 90 valence electrons. The first kappa shape index (κ1) is 10.6. The van der Waals surface area contributed by atoms with Gasteiger partial charge in [0.05, 0.1) is 11.0 Å². The van der Waals surface area contributed by atoms with Crippen LogP contribution in [0.25, 0.3) is 11.0 Å². The normalized spacial score (nSPS) is 16.7. The van der Waals surface area contributed by atoms with E-state index in [1.165, 1.54) is 11.2 Å².